The van der Waals surface area contributed by atoms with E-state index in [-0.39, 0.29) is 0 Å². The van der Waals surface area contributed by atoms with Crippen molar-refractivity contribution in [2.24, 2.45) is 0 Å². The highest BCUT2D eigenvalue weighted by Gasteiger charge is 2.14. The van der Waals surface area contributed by atoms with Crippen molar-refractivity contribution in [2.75, 3.05) is 0 Å². The fraction of sp³-hybridized carbons (Fsp3) is 0. The molecule has 3 aromatic heterocycles. The van der Waals surface area contributed by atoms with Crippen molar-refractivity contribution in [1.29, 1.82) is 0 Å². The average Bonchev–Trinajstić information content (AvgIpc) is 3.78. The smallest absolute Gasteiger partial charge is 0.0892 e. The lowest BCUT2D eigenvalue weighted by molar-refractivity contribution is 1.25. The summed E-state index contributed by atoms with van der Waals surface area (Å²) < 4.78 is 1.20. The van der Waals surface area contributed by atoms with Crippen LogP contribution in [0.5, 0.6) is 0 Å². The van der Waals surface area contributed by atoms with Gasteiger partial charge in [-0.1, -0.05) is 109 Å². The third kappa shape index (κ3) is 6.04. The minimum Gasteiger partial charge on any atom is -0.255 e. The van der Waals surface area contributed by atoms with Crippen LogP contribution in [0.4, 0.5) is 0 Å². The lowest BCUT2D eigenvalue weighted by atomic mass is 9.90. The molecule has 0 aliphatic carbocycles. The molecule has 0 N–H and O–H groups in total. The Labute approximate surface area is 334 Å². The van der Waals surface area contributed by atoms with E-state index in [1.54, 1.807) is 11.3 Å². The van der Waals surface area contributed by atoms with Gasteiger partial charge in [0.1, 0.15) is 0 Å². The van der Waals surface area contributed by atoms with E-state index < -0.39 is 0 Å². The Morgan fingerprint density at radius 3 is 1.40 bits per heavy atom. The second-order valence-corrected chi connectivity index (χ2v) is 15.4. The molecule has 0 fully saturated rings. The summed E-state index contributed by atoms with van der Waals surface area (Å²) in [6, 6.07) is 65.9. The number of nitrogens with zero attached hydrogens (tertiary/aromatic N) is 3. The number of benzene rings is 8. The molecule has 0 unspecified atom stereocenters. The molecule has 11 rings (SSSR count). The van der Waals surface area contributed by atoms with Crippen molar-refractivity contribution >= 4 is 53.9 Å². The fourth-order valence-corrected chi connectivity index (χ4v) is 8.93. The first kappa shape index (κ1) is 33.1. The van der Waals surface area contributed by atoms with Gasteiger partial charge in [0, 0.05) is 12.4 Å². The lowest BCUT2D eigenvalue weighted by Gasteiger charge is -2.14. The molecule has 0 radical (unpaired) electrons. The molecule has 0 spiro atoms. The first-order valence-electron chi connectivity index (χ1n) is 19.1. The van der Waals surface area contributed by atoms with Crippen LogP contribution in [0, 0.1) is 0 Å². The third-order valence-corrected chi connectivity index (χ3v) is 11.9. The number of rotatable bonds is 6. The second kappa shape index (κ2) is 13.8. The quantitative estimate of drug-likeness (QED) is 0.159. The van der Waals surface area contributed by atoms with Crippen LogP contribution >= 0.6 is 11.3 Å². The van der Waals surface area contributed by atoms with E-state index in [1.807, 2.05) is 36.1 Å². The van der Waals surface area contributed by atoms with E-state index in [0.717, 1.165) is 61.4 Å². The minimum absolute atomic E-state index is 0.845. The molecule has 0 bridgehead atoms. The van der Waals surface area contributed by atoms with E-state index in [0.29, 0.717) is 0 Å². The van der Waals surface area contributed by atoms with Gasteiger partial charge in [-0.15, -0.1) is 11.3 Å². The molecule has 8 aromatic carbocycles. The van der Waals surface area contributed by atoms with Crippen molar-refractivity contribution in [2.45, 2.75) is 0 Å². The molecule has 0 aliphatic heterocycles. The third-order valence-electron chi connectivity index (χ3n) is 11.1. The molecule has 266 valence electrons. The summed E-state index contributed by atoms with van der Waals surface area (Å²) >= 11 is 1.67. The fourth-order valence-electron chi connectivity index (χ4n) is 8.27. The monoisotopic (exact) mass is 743 g/mol. The Hall–Kier alpha value is -7.27. The van der Waals surface area contributed by atoms with Gasteiger partial charge in [-0.25, -0.2) is 4.98 Å². The predicted molar refractivity (Wildman–Crippen MR) is 240 cm³/mol. The van der Waals surface area contributed by atoms with Crippen LogP contribution in [0.25, 0.3) is 110 Å². The molecule has 11 aromatic rings. The van der Waals surface area contributed by atoms with Gasteiger partial charge in [0.2, 0.25) is 0 Å². The summed E-state index contributed by atoms with van der Waals surface area (Å²) in [5.74, 6) is 0. The van der Waals surface area contributed by atoms with E-state index in [1.165, 1.54) is 48.1 Å². The number of pyridine rings is 2. The molecule has 0 saturated carbocycles. The zero-order valence-electron chi connectivity index (χ0n) is 30.8. The number of aromatic nitrogens is 3. The van der Waals surface area contributed by atoms with Crippen LogP contribution in [-0.2, 0) is 0 Å². The average molecular weight is 744 g/mol. The lowest BCUT2D eigenvalue weighted by Crippen LogP contribution is -1.90. The van der Waals surface area contributed by atoms with Crippen molar-refractivity contribution in [3.63, 3.8) is 0 Å². The first-order valence-corrected chi connectivity index (χ1v) is 20.0. The van der Waals surface area contributed by atoms with Crippen LogP contribution in [0.2, 0.25) is 0 Å². The van der Waals surface area contributed by atoms with Gasteiger partial charge in [-0.3, -0.25) is 9.97 Å². The van der Waals surface area contributed by atoms with Gasteiger partial charge in [0.15, 0.2) is 0 Å². The van der Waals surface area contributed by atoms with Gasteiger partial charge in [0.05, 0.1) is 27.1 Å². The number of hydrogen-bond donors (Lipinski definition) is 0. The summed E-state index contributed by atoms with van der Waals surface area (Å²) in [5.41, 5.74) is 16.1. The summed E-state index contributed by atoms with van der Waals surface area (Å²) in [7, 11) is 0. The van der Waals surface area contributed by atoms with Crippen LogP contribution in [0.3, 0.4) is 0 Å². The van der Waals surface area contributed by atoms with Gasteiger partial charge >= 0.3 is 0 Å². The SMILES string of the molecule is c1ccc(-c2cc(-c3cc(-c4cccc(-c5ccc6scnc6c5)c4)cc(-c4cccc(-c5ccc6c7ccccc7c7ccccc7c6c5)c4)c3)ccn2)nc1. The highest BCUT2D eigenvalue weighted by Crippen LogP contribution is 2.40. The maximum absolute atomic E-state index is 4.69. The Kier molecular flexibility index (Phi) is 8.01. The Morgan fingerprint density at radius 1 is 0.281 bits per heavy atom. The van der Waals surface area contributed by atoms with E-state index in [2.05, 4.69) is 174 Å². The first-order chi connectivity index (χ1) is 28.2. The molecule has 3 heterocycles. The highest BCUT2D eigenvalue weighted by atomic mass is 32.1. The van der Waals surface area contributed by atoms with Crippen LogP contribution in [0.1, 0.15) is 0 Å². The van der Waals surface area contributed by atoms with Crippen LogP contribution < -0.4 is 0 Å². The molecule has 0 amide bonds. The zero-order chi connectivity index (χ0) is 37.7. The maximum Gasteiger partial charge on any atom is 0.0892 e. The number of thiazole rings is 1. The topological polar surface area (TPSA) is 38.7 Å². The molecule has 0 saturated heterocycles. The van der Waals surface area contributed by atoms with Crippen molar-refractivity contribution in [3.8, 4) is 67.0 Å². The zero-order valence-corrected chi connectivity index (χ0v) is 31.6. The summed E-state index contributed by atoms with van der Waals surface area (Å²) in [6.45, 7) is 0. The van der Waals surface area contributed by atoms with Crippen LogP contribution in [-0.4, -0.2) is 15.0 Å². The van der Waals surface area contributed by atoms with E-state index in [4.69, 9.17) is 4.98 Å². The largest absolute Gasteiger partial charge is 0.255 e. The summed E-state index contributed by atoms with van der Waals surface area (Å²) in [5, 5.41) is 7.68. The molecule has 0 aliphatic rings. The predicted octanol–water partition coefficient (Wildman–Crippen LogP) is 14.5. The molecular weight excluding hydrogens is 711 g/mol. The summed E-state index contributed by atoms with van der Waals surface area (Å²) in [4.78, 5) is 13.9. The second-order valence-electron chi connectivity index (χ2n) is 14.5. The molecule has 57 heavy (non-hydrogen) atoms. The van der Waals surface area contributed by atoms with Gasteiger partial charge in [0.25, 0.3) is 0 Å². The molecule has 3 nitrogen and oxygen atoms in total. The normalized spacial score (nSPS) is 11.5. The van der Waals surface area contributed by atoms with Gasteiger partial charge in [-0.2, -0.15) is 0 Å². The van der Waals surface area contributed by atoms with Crippen LogP contribution in [0.15, 0.2) is 200 Å². The molecule has 4 heteroatoms. The Morgan fingerprint density at radius 2 is 0.772 bits per heavy atom. The minimum atomic E-state index is 0.845. The number of fused-ring (bicyclic) bond motifs is 7. The standard InChI is InChI=1S/C53H33N3S/c1-2-15-46-44(13-1)45-14-3-4-16-47(45)49-30-38(18-20-48(46)49)34-9-7-11-36(25-34)41-27-42(29-43(28-41)40-22-24-55-51(31-40)50-17-5-6-23-54-50)37-12-8-10-35(26-37)39-19-21-53-52(32-39)56-33-57-53/h1-33H. The van der Waals surface area contributed by atoms with Gasteiger partial charge < -0.3 is 0 Å². The van der Waals surface area contributed by atoms with E-state index in [9.17, 15) is 0 Å². The molecule has 0 atom stereocenters. The van der Waals surface area contributed by atoms with Crippen molar-refractivity contribution in [3.05, 3.63) is 200 Å². The Bertz CT molecular complexity index is 3280. The Balaban J connectivity index is 1.06. The van der Waals surface area contributed by atoms with Crippen molar-refractivity contribution in [1.82, 2.24) is 15.0 Å². The van der Waals surface area contributed by atoms with Crippen molar-refractivity contribution < 1.29 is 0 Å². The molecular formula is C53H33N3S. The maximum atomic E-state index is 4.69. The number of hydrogen-bond acceptors (Lipinski definition) is 4. The summed E-state index contributed by atoms with van der Waals surface area (Å²) in [6.07, 6.45) is 3.70. The highest BCUT2D eigenvalue weighted by molar-refractivity contribution is 7.16. The van der Waals surface area contributed by atoms with E-state index >= 15 is 0 Å². The van der Waals surface area contributed by atoms with Gasteiger partial charge in [-0.05, 0) is 161 Å².